The number of hydrogen-bond acceptors (Lipinski definition) is 11. The minimum atomic E-state index is -0.965. The number of carbonyl (C=O) groups excluding carboxylic acids is 1. The molecule has 0 fully saturated rings. The fourth-order valence-electron chi connectivity index (χ4n) is 5.98. The smallest absolute Gasteiger partial charge is 0.335 e. The first-order chi connectivity index (χ1) is 29.2. The summed E-state index contributed by atoms with van der Waals surface area (Å²) in [6.07, 6.45) is 3.37. The van der Waals surface area contributed by atoms with Crippen molar-refractivity contribution < 1.29 is 24.2 Å². The number of carbonyl (C=O) groups is 2. The number of hydrogen-bond donors (Lipinski definition) is 4. The first-order valence-corrected chi connectivity index (χ1v) is 19.7. The van der Waals surface area contributed by atoms with Gasteiger partial charge in [0, 0.05) is 73.4 Å². The quantitative estimate of drug-likeness (QED) is 0.0879. The number of likely N-dealkylation sites (N-methyl/N-ethyl adjacent to an activating group) is 4. The molecule has 0 atom stereocenters. The average molecular weight is 827 g/mol. The molecular formula is C48H58N8O5. The van der Waals surface area contributed by atoms with Crippen molar-refractivity contribution in [1.82, 2.24) is 30.0 Å². The van der Waals surface area contributed by atoms with Crippen molar-refractivity contribution in [2.24, 2.45) is 0 Å². The van der Waals surface area contributed by atoms with Crippen LogP contribution in [0.2, 0.25) is 0 Å². The zero-order chi connectivity index (χ0) is 44.5. The first-order valence-electron chi connectivity index (χ1n) is 19.7. The highest BCUT2D eigenvalue weighted by Gasteiger charge is 2.15. The molecule has 13 heteroatoms. The van der Waals surface area contributed by atoms with Crippen molar-refractivity contribution in [1.29, 1.82) is 0 Å². The Hall–Kier alpha value is -6.80. The zero-order valence-corrected chi connectivity index (χ0v) is 36.3. The summed E-state index contributed by atoms with van der Waals surface area (Å²) in [4.78, 5) is 38.5. The van der Waals surface area contributed by atoms with Crippen LogP contribution in [0.25, 0.3) is 44.5 Å². The Morgan fingerprint density at radius 2 is 1.03 bits per heavy atom. The molecule has 6 rings (SSSR count). The second-order valence-electron chi connectivity index (χ2n) is 14.7. The SMILES string of the molecule is CNCCN(C)C.COc1cccc(-c2cc(-c3cccc(C(=O)N(C)CCN(C)C)c3)cnc2N)c1.COc1cccc(-c2cc(-c3cccc(C(=O)O)c3)cnc2N)c1. The largest absolute Gasteiger partial charge is 0.497 e. The molecule has 2 heterocycles. The van der Waals surface area contributed by atoms with Crippen LogP contribution in [0.4, 0.5) is 11.6 Å². The number of carboxylic acids is 1. The van der Waals surface area contributed by atoms with Crippen LogP contribution in [-0.4, -0.2) is 124 Å². The van der Waals surface area contributed by atoms with Crippen LogP contribution >= 0.6 is 0 Å². The van der Waals surface area contributed by atoms with Crippen LogP contribution in [0.3, 0.4) is 0 Å². The van der Waals surface area contributed by atoms with Crippen molar-refractivity contribution >= 4 is 23.5 Å². The molecule has 0 saturated carbocycles. The highest BCUT2D eigenvalue weighted by atomic mass is 16.5. The number of anilines is 2. The number of benzene rings is 4. The molecular weight excluding hydrogens is 769 g/mol. The molecule has 0 saturated heterocycles. The predicted octanol–water partition coefficient (Wildman–Crippen LogP) is 7.11. The molecule has 4 aromatic carbocycles. The summed E-state index contributed by atoms with van der Waals surface area (Å²) in [5.74, 6) is 1.36. The van der Waals surface area contributed by atoms with Crippen molar-refractivity contribution in [3.8, 4) is 56.0 Å². The molecule has 1 amide bonds. The molecule has 0 aliphatic rings. The van der Waals surface area contributed by atoms with Gasteiger partial charge in [-0.15, -0.1) is 0 Å². The van der Waals surface area contributed by atoms with Crippen molar-refractivity contribution in [2.75, 3.05) is 94.2 Å². The highest BCUT2D eigenvalue weighted by molar-refractivity contribution is 5.95. The van der Waals surface area contributed by atoms with E-state index in [4.69, 9.17) is 26.0 Å². The van der Waals surface area contributed by atoms with E-state index in [0.717, 1.165) is 75.6 Å². The summed E-state index contributed by atoms with van der Waals surface area (Å²) >= 11 is 0. The van der Waals surface area contributed by atoms with Crippen LogP contribution < -0.4 is 26.3 Å². The Balaban J connectivity index is 0.000000236. The van der Waals surface area contributed by atoms with Gasteiger partial charge in [0.15, 0.2) is 0 Å². The van der Waals surface area contributed by atoms with Gasteiger partial charge < -0.3 is 46.1 Å². The van der Waals surface area contributed by atoms with Crippen LogP contribution in [-0.2, 0) is 0 Å². The molecule has 13 nitrogen and oxygen atoms in total. The molecule has 0 bridgehead atoms. The Bertz CT molecular complexity index is 2370. The van der Waals surface area contributed by atoms with Gasteiger partial charge in [0.1, 0.15) is 23.1 Å². The number of nitrogens with two attached hydrogens (primary N) is 2. The lowest BCUT2D eigenvalue weighted by Gasteiger charge is -2.20. The van der Waals surface area contributed by atoms with Crippen molar-refractivity contribution in [2.45, 2.75) is 0 Å². The van der Waals surface area contributed by atoms with Crippen LogP contribution in [0.15, 0.2) is 122 Å². The highest BCUT2D eigenvalue weighted by Crippen LogP contribution is 2.33. The van der Waals surface area contributed by atoms with E-state index in [0.29, 0.717) is 23.7 Å². The van der Waals surface area contributed by atoms with Gasteiger partial charge in [-0.25, -0.2) is 14.8 Å². The average Bonchev–Trinajstić information content (AvgIpc) is 3.28. The molecule has 0 aliphatic carbocycles. The fraction of sp³-hybridized carbons (Fsp3) is 0.250. The molecule has 61 heavy (non-hydrogen) atoms. The van der Waals surface area contributed by atoms with E-state index in [1.54, 1.807) is 49.7 Å². The number of aromatic carboxylic acids is 1. The van der Waals surface area contributed by atoms with Crippen molar-refractivity contribution in [3.63, 3.8) is 0 Å². The van der Waals surface area contributed by atoms with Gasteiger partial charge in [-0.3, -0.25) is 4.79 Å². The summed E-state index contributed by atoms with van der Waals surface area (Å²) in [7, 11) is 15.1. The monoisotopic (exact) mass is 826 g/mol. The molecule has 0 radical (unpaired) electrons. The third kappa shape index (κ3) is 13.9. The van der Waals surface area contributed by atoms with Gasteiger partial charge in [-0.2, -0.15) is 0 Å². The lowest BCUT2D eigenvalue weighted by atomic mass is 9.99. The molecule has 0 aliphatic heterocycles. The van der Waals surface area contributed by atoms with E-state index in [2.05, 4.69) is 39.2 Å². The summed E-state index contributed by atoms with van der Waals surface area (Å²) < 4.78 is 10.6. The van der Waals surface area contributed by atoms with E-state index in [9.17, 15) is 9.59 Å². The second kappa shape index (κ2) is 23.1. The minimum Gasteiger partial charge on any atom is -0.497 e. The Labute approximate surface area is 359 Å². The number of methoxy groups -OCH3 is 2. The van der Waals surface area contributed by atoms with E-state index >= 15 is 0 Å². The number of aromatic nitrogens is 2. The van der Waals surface area contributed by atoms with Gasteiger partial charge in [0.2, 0.25) is 0 Å². The molecule has 2 aromatic heterocycles. The predicted molar refractivity (Wildman–Crippen MR) is 247 cm³/mol. The van der Waals surface area contributed by atoms with E-state index in [1.165, 1.54) is 0 Å². The Kier molecular flexibility index (Phi) is 17.8. The number of nitrogens with zero attached hydrogens (tertiary/aromatic N) is 5. The van der Waals surface area contributed by atoms with Crippen LogP contribution in [0.1, 0.15) is 20.7 Å². The molecule has 6 N–H and O–H groups in total. The van der Waals surface area contributed by atoms with Crippen LogP contribution in [0, 0.1) is 0 Å². The third-order valence-corrected chi connectivity index (χ3v) is 9.52. The normalized spacial score (nSPS) is 10.6. The maximum absolute atomic E-state index is 12.8. The number of carboxylic acid groups (broad SMARTS) is 1. The Morgan fingerprint density at radius 1 is 0.590 bits per heavy atom. The first kappa shape index (κ1) is 46.9. The molecule has 0 unspecified atom stereocenters. The molecule has 0 spiro atoms. The maximum atomic E-state index is 12.8. The topological polar surface area (TPSA) is 172 Å². The van der Waals surface area contributed by atoms with Crippen molar-refractivity contribution in [3.05, 3.63) is 133 Å². The number of pyridine rings is 2. The zero-order valence-electron chi connectivity index (χ0n) is 36.3. The minimum absolute atomic E-state index is 0.00452. The molecule has 320 valence electrons. The summed E-state index contributed by atoms with van der Waals surface area (Å²) in [5.41, 5.74) is 19.8. The van der Waals surface area contributed by atoms with Gasteiger partial charge in [0.05, 0.1) is 19.8 Å². The van der Waals surface area contributed by atoms with E-state index < -0.39 is 5.97 Å². The lowest BCUT2D eigenvalue weighted by molar-refractivity contribution is 0.0696. The Morgan fingerprint density at radius 3 is 1.46 bits per heavy atom. The van der Waals surface area contributed by atoms with E-state index in [1.807, 2.05) is 119 Å². The summed E-state index contributed by atoms with van der Waals surface area (Å²) in [6.45, 7) is 3.68. The standard InChI is InChI=1S/C24H28N4O2.C19H16N2O3.C5H14N2/c1-27(2)11-12-28(3)24(29)19-9-5-7-17(13-19)20-15-22(23(25)26-16-20)18-8-6-10-21(14-18)30-4;1-24-16-7-3-5-13(9-16)17-10-15(11-21-18(17)20)12-4-2-6-14(8-12)19(22)23;1-6-4-5-7(2)3/h5-10,13-16H,11-12H2,1-4H3,(H2,25,26);2-11H,1H3,(H2,20,21)(H,22,23);6H,4-5H2,1-3H3. The summed E-state index contributed by atoms with van der Waals surface area (Å²) in [5, 5.41) is 12.2. The van der Waals surface area contributed by atoms with Crippen LogP contribution in [0.5, 0.6) is 11.5 Å². The van der Waals surface area contributed by atoms with Gasteiger partial charge in [0.25, 0.3) is 5.91 Å². The van der Waals surface area contributed by atoms with E-state index in [-0.39, 0.29) is 11.5 Å². The second-order valence-corrected chi connectivity index (χ2v) is 14.7. The number of nitrogens with one attached hydrogen (secondary N) is 1. The van der Waals surface area contributed by atoms with Gasteiger partial charge >= 0.3 is 5.97 Å². The number of ether oxygens (including phenoxy) is 2. The van der Waals surface area contributed by atoms with Gasteiger partial charge in [-0.1, -0.05) is 48.5 Å². The maximum Gasteiger partial charge on any atom is 0.335 e. The third-order valence-electron chi connectivity index (χ3n) is 9.52. The number of rotatable bonds is 14. The summed E-state index contributed by atoms with van der Waals surface area (Å²) in [6, 6.07) is 33.5. The number of amides is 1. The lowest BCUT2D eigenvalue weighted by Crippen LogP contribution is -2.33. The molecule has 6 aromatic rings. The van der Waals surface area contributed by atoms with Gasteiger partial charge in [-0.05, 0) is 118 Å². The fourth-order valence-corrected chi connectivity index (χ4v) is 5.98. The number of nitrogen functional groups attached to an aromatic ring is 2.